The highest BCUT2D eigenvalue weighted by Gasteiger charge is 2.30. The molecule has 1 aliphatic rings. The number of hydrogen-bond donors (Lipinski definition) is 1. The molecular formula is C16H17ClNO5-. The number of hydrogen-bond acceptors (Lipinski definition) is 5. The van der Waals surface area contributed by atoms with E-state index in [-0.39, 0.29) is 6.42 Å². The van der Waals surface area contributed by atoms with Crippen LogP contribution in [0, 0.1) is 11.8 Å². The van der Waals surface area contributed by atoms with Crippen molar-refractivity contribution in [2.24, 2.45) is 11.8 Å². The summed E-state index contributed by atoms with van der Waals surface area (Å²) in [5.41, 5.74) is 0.366. The van der Waals surface area contributed by atoms with Crippen LogP contribution in [-0.4, -0.2) is 26.1 Å². The molecule has 1 aliphatic carbocycles. The van der Waals surface area contributed by atoms with E-state index in [9.17, 15) is 14.7 Å². The average Bonchev–Trinajstić information content (AvgIpc) is 2.55. The molecule has 1 amide bonds. The summed E-state index contributed by atoms with van der Waals surface area (Å²) in [4.78, 5) is 23.7. The molecule has 1 aromatic rings. The van der Waals surface area contributed by atoms with Crippen LogP contribution in [0.4, 0.5) is 5.69 Å². The Kier molecular flexibility index (Phi) is 5.50. The van der Waals surface area contributed by atoms with Gasteiger partial charge in [0.05, 0.1) is 30.8 Å². The minimum atomic E-state index is -1.23. The number of amides is 1. The molecule has 1 aromatic carbocycles. The van der Waals surface area contributed by atoms with Crippen LogP contribution in [0.1, 0.15) is 12.8 Å². The lowest BCUT2D eigenvalue weighted by atomic mass is 9.82. The Bertz CT molecular complexity index is 644. The highest BCUT2D eigenvalue weighted by atomic mass is 35.5. The number of ether oxygens (including phenoxy) is 2. The number of carbonyl (C=O) groups excluding carboxylic acids is 2. The minimum Gasteiger partial charge on any atom is -0.550 e. The van der Waals surface area contributed by atoms with E-state index in [0.29, 0.717) is 28.6 Å². The van der Waals surface area contributed by atoms with E-state index in [1.807, 2.05) is 0 Å². The number of anilines is 1. The first-order valence-corrected chi connectivity index (χ1v) is 7.44. The number of halogens is 1. The quantitative estimate of drug-likeness (QED) is 0.824. The summed E-state index contributed by atoms with van der Waals surface area (Å²) in [6.07, 6.45) is 4.17. The van der Waals surface area contributed by atoms with Crippen molar-refractivity contribution in [2.75, 3.05) is 19.5 Å². The van der Waals surface area contributed by atoms with Crippen molar-refractivity contribution in [1.82, 2.24) is 0 Å². The maximum Gasteiger partial charge on any atom is 0.228 e. The van der Waals surface area contributed by atoms with Crippen LogP contribution in [0.3, 0.4) is 0 Å². The van der Waals surface area contributed by atoms with Gasteiger partial charge >= 0.3 is 0 Å². The second-order valence-corrected chi connectivity index (χ2v) is 5.56. The van der Waals surface area contributed by atoms with Crippen LogP contribution in [-0.2, 0) is 9.59 Å². The highest BCUT2D eigenvalue weighted by molar-refractivity contribution is 6.32. The van der Waals surface area contributed by atoms with Gasteiger partial charge in [-0.2, -0.15) is 0 Å². The van der Waals surface area contributed by atoms with Gasteiger partial charge in [-0.1, -0.05) is 23.8 Å². The van der Waals surface area contributed by atoms with E-state index in [1.165, 1.54) is 26.4 Å². The van der Waals surface area contributed by atoms with Crippen molar-refractivity contribution < 1.29 is 24.2 Å². The molecule has 0 spiro atoms. The molecule has 0 aromatic heterocycles. The molecule has 6 nitrogen and oxygen atoms in total. The second kappa shape index (κ2) is 7.37. The van der Waals surface area contributed by atoms with E-state index in [4.69, 9.17) is 21.1 Å². The normalized spacial score (nSPS) is 20.0. The fourth-order valence-corrected chi connectivity index (χ4v) is 2.78. The second-order valence-electron chi connectivity index (χ2n) is 5.15. The van der Waals surface area contributed by atoms with Crippen molar-refractivity contribution in [2.45, 2.75) is 12.8 Å². The van der Waals surface area contributed by atoms with E-state index in [2.05, 4.69) is 5.32 Å². The molecule has 0 aliphatic heterocycles. The third-order valence-electron chi connectivity index (χ3n) is 3.80. The zero-order valence-electron chi connectivity index (χ0n) is 12.8. The van der Waals surface area contributed by atoms with E-state index in [0.717, 1.165) is 0 Å². The molecule has 0 saturated heterocycles. The number of methoxy groups -OCH3 is 2. The van der Waals surface area contributed by atoms with Gasteiger partial charge in [0.25, 0.3) is 0 Å². The number of nitrogens with one attached hydrogen (secondary N) is 1. The zero-order valence-corrected chi connectivity index (χ0v) is 13.6. The molecule has 7 heteroatoms. The van der Waals surface area contributed by atoms with Gasteiger partial charge in [-0.25, -0.2) is 0 Å². The standard InChI is InChI=1S/C16H18ClNO5/c1-22-13-8-12(14(23-2)7-11(13)17)18-15(19)9-5-3-4-6-10(9)16(20)21/h3-4,7-10H,5-6H2,1-2H3,(H,18,19)(H,20,21)/p-1. The Hall–Kier alpha value is -2.21. The first-order valence-electron chi connectivity index (χ1n) is 7.06. The predicted molar refractivity (Wildman–Crippen MR) is 83.5 cm³/mol. The largest absolute Gasteiger partial charge is 0.550 e. The molecule has 1 N–H and O–H groups in total. The molecule has 2 rings (SSSR count). The Morgan fingerprint density at radius 3 is 2.30 bits per heavy atom. The third-order valence-corrected chi connectivity index (χ3v) is 4.10. The number of carbonyl (C=O) groups is 2. The van der Waals surface area contributed by atoms with Gasteiger partial charge in [0.2, 0.25) is 5.91 Å². The number of allylic oxidation sites excluding steroid dienone is 2. The van der Waals surface area contributed by atoms with Gasteiger partial charge in [0, 0.05) is 24.0 Å². The molecule has 23 heavy (non-hydrogen) atoms. The monoisotopic (exact) mass is 338 g/mol. The fourth-order valence-electron chi connectivity index (χ4n) is 2.55. The zero-order chi connectivity index (χ0) is 17.0. The molecule has 0 bridgehead atoms. The summed E-state index contributed by atoms with van der Waals surface area (Å²) >= 11 is 6.02. The average molecular weight is 339 g/mol. The van der Waals surface area contributed by atoms with E-state index >= 15 is 0 Å². The first-order chi connectivity index (χ1) is 11.0. The van der Waals surface area contributed by atoms with Crippen molar-refractivity contribution in [1.29, 1.82) is 0 Å². The Morgan fingerprint density at radius 1 is 1.13 bits per heavy atom. The lowest BCUT2D eigenvalue weighted by Gasteiger charge is -2.28. The van der Waals surface area contributed by atoms with Crippen molar-refractivity contribution in [3.8, 4) is 11.5 Å². The summed E-state index contributed by atoms with van der Waals surface area (Å²) < 4.78 is 10.3. The Morgan fingerprint density at radius 2 is 1.74 bits per heavy atom. The minimum absolute atomic E-state index is 0.279. The molecular weight excluding hydrogens is 322 g/mol. The summed E-state index contributed by atoms with van der Waals surface area (Å²) in [7, 11) is 2.90. The summed E-state index contributed by atoms with van der Waals surface area (Å²) in [6, 6.07) is 3.05. The van der Waals surface area contributed by atoms with E-state index < -0.39 is 23.7 Å². The van der Waals surface area contributed by atoms with Gasteiger partial charge < -0.3 is 24.7 Å². The lowest BCUT2D eigenvalue weighted by molar-refractivity contribution is -0.313. The lowest BCUT2D eigenvalue weighted by Crippen LogP contribution is -2.41. The number of carboxylic acids is 1. The van der Waals surface area contributed by atoms with Gasteiger partial charge in [-0.3, -0.25) is 4.79 Å². The van der Waals surface area contributed by atoms with Crippen LogP contribution < -0.4 is 19.9 Å². The molecule has 0 radical (unpaired) electrons. The molecule has 2 atom stereocenters. The third kappa shape index (κ3) is 3.76. The summed E-state index contributed by atoms with van der Waals surface area (Å²) in [6.45, 7) is 0. The maximum absolute atomic E-state index is 12.5. The summed E-state index contributed by atoms with van der Waals surface area (Å²) in [5, 5.41) is 14.2. The number of benzene rings is 1. The van der Waals surface area contributed by atoms with Crippen LogP contribution in [0.15, 0.2) is 24.3 Å². The van der Waals surface area contributed by atoms with Gasteiger partial charge in [0.15, 0.2) is 0 Å². The number of carboxylic acid groups (broad SMARTS) is 1. The molecule has 0 fully saturated rings. The fraction of sp³-hybridized carbons (Fsp3) is 0.375. The molecule has 0 heterocycles. The van der Waals surface area contributed by atoms with E-state index in [1.54, 1.807) is 12.2 Å². The van der Waals surface area contributed by atoms with Crippen molar-refractivity contribution in [3.63, 3.8) is 0 Å². The molecule has 0 saturated carbocycles. The smallest absolute Gasteiger partial charge is 0.228 e. The number of aliphatic carboxylic acids is 1. The topological polar surface area (TPSA) is 87.7 Å². The van der Waals surface area contributed by atoms with Crippen LogP contribution in [0.25, 0.3) is 0 Å². The number of rotatable bonds is 5. The summed E-state index contributed by atoms with van der Waals surface area (Å²) in [5.74, 6) is -2.44. The Labute approximate surface area is 139 Å². The molecule has 2 unspecified atom stereocenters. The van der Waals surface area contributed by atoms with Crippen molar-refractivity contribution in [3.05, 3.63) is 29.3 Å². The predicted octanol–water partition coefficient (Wildman–Crippen LogP) is 1.63. The Balaban J connectivity index is 2.25. The van der Waals surface area contributed by atoms with Crippen LogP contribution >= 0.6 is 11.6 Å². The van der Waals surface area contributed by atoms with Crippen molar-refractivity contribution >= 4 is 29.2 Å². The highest BCUT2D eigenvalue weighted by Crippen LogP contribution is 2.36. The van der Waals surface area contributed by atoms with Crippen LogP contribution in [0.2, 0.25) is 5.02 Å². The molecule has 124 valence electrons. The van der Waals surface area contributed by atoms with Gasteiger partial charge in [0.1, 0.15) is 11.5 Å². The SMILES string of the molecule is COc1cc(NC(=O)C2CC=CCC2C(=O)[O-])c(OC)cc1Cl. The first kappa shape index (κ1) is 17.1. The van der Waals surface area contributed by atoms with Gasteiger partial charge in [-0.05, 0) is 12.8 Å². The van der Waals surface area contributed by atoms with Crippen LogP contribution in [0.5, 0.6) is 11.5 Å². The maximum atomic E-state index is 12.5. The van der Waals surface area contributed by atoms with Gasteiger partial charge in [-0.15, -0.1) is 0 Å².